The summed E-state index contributed by atoms with van der Waals surface area (Å²) in [5, 5.41) is 20.9. The van der Waals surface area contributed by atoms with Crippen LogP contribution >= 0.6 is 0 Å². The van der Waals surface area contributed by atoms with Gasteiger partial charge in [0, 0.05) is 12.2 Å². The normalized spacial score (nSPS) is 12.5. The zero-order chi connectivity index (χ0) is 17.6. The van der Waals surface area contributed by atoms with Crippen LogP contribution in [0.5, 0.6) is 5.75 Å². The minimum atomic E-state index is -3.75. The molecular weight excluding hydrogens is 332 g/mol. The van der Waals surface area contributed by atoms with E-state index in [9.17, 15) is 13.5 Å². The van der Waals surface area contributed by atoms with Crippen LogP contribution in [0.15, 0.2) is 53.4 Å². The summed E-state index contributed by atoms with van der Waals surface area (Å²) in [5.74, 6) is 0.428. The topological polar surface area (TPSA) is 108 Å². The molecule has 0 bridgehead atoms. The summed E-state index contributed by atoms with van der Waals surface area (Å²) >= 11 is 0. The van der Waals surface area contributed by atoms with Gasteiger partial charge in [-0.2, -0.15) is 0 Å². The van der Waals surface area contributed by atoms with E-state index in [0.717, 1.165) is 0 Å². The van der Waals surface area contributed by atoms with Crippen LogP contribution in [-0.2, 0) is 10.0 Å². The highest BCUT2D eigenvalue weighted by Crippen LogP contribution is 2.26. The highest BCUT2D eigenvalue weighted by molar-refractivity contribution is 7.92. The van der Waals surface area contributed by atoms with Gasteiger partial charge >= 0.3 is 0 Å². The van der Waals surface area contributed by atoms with Gasteiger partial charge in [-0.25, -0.2) is 8.42 Å². The smallest absolute Gasteiger partial charge is 0.262 e. The molecule has 0 aliphatic rings. The van der Waals surface area contributed by atoms with E-state index >= 15 is 0 Å². The first-order chi connectivity index (χ1) is 11.5. The number of benzene rings is 2. The molecular formula is C16H20N2O5S. The van der Waals surface area contributed by atoms with E-state index in [2.05, 4.69) is 10.0 Å². The molecule has 7 nitrogen and oxygen atoms in total. The Bertz CT molecular complexity index is 762. The lowest BCUT2D eigenvalue weighted by Gasteiger charge is -2.13. The maximum atomic E-state index is 12.4. The molecule has 0 aliphatic carbocycles. The van der Waals surface area contributed by atoms with Gasteiger partial charge in [0.2, 0.25) is 0 Å². The number of para-hydroxylation sites is 2. The highest BCUT2D eigenvalue weighted by Gasteiger charge is 2.16. The van der Waals surface area contributed by atoms with E-state index in [1.165, 1.54) is 19.2 Å². The fourth-order valence-electron chi connectivity index (χ4n) is 1.98. The Morgan fingerprint density at radius 1 is 1.12 bits per heavy atom. The zero-order valence-electron chi connectivity index (χ0n) is 13.1. The van der Waals surface area contributed by atoms with E-state index in [1.807, 2.05) is 0 Å². The van der Waals surface area contributed by atoms with Gasteiger partial charge in [-0.3, -0.25) is 4.72 Å². The first-order valence-corrected chi connectivity index (χ1v) is 8.73. The lowest BCUT2D eigenvalue weighted by atomic mass is 10.3. The SMILES string of the molecule is COc1ccccc1NS(=O)(=O)c1ccc(NCC(O)CO)cc1. The predicted octanol–water partition coefficient (Wildman–Crippen LogP) is 1.26. The Hall–Kier alpha value is -2.29. The number of methoxy groups -OCH3 is 1. The van der Waals surface area contributed by atoms with Gasteiger partial charge in [0.1, 0.15) is 5.75 Å². The quantitative estimate of drug-likeness (QED) is 0.570. The minimum absolute atomic E-state index is 0.0988. The monoisotopic (exact) mass is 352 g/mol. The van der Waals surface area contributed by atoms with Gasteiger partial charge in [0.05, 0.1) is 30.4 Å². The van der Waals surface area contributed by atoms with Crippen LogP contribution in [-0.4, -0.2) is 45.0 Å². The van der Waals surface area contributed by atoms with Gasteiger partial charge in [-0.1, -0.05) is 12.1 Å². The van der Waals surface area contributed by atoms with Crippen molar-refractivity contribution in [1.29, 1.82) is 0 Å². The molecule has 0 spiro atoms. The average Bonchev–Trinajstić information content (AvgIpc) is 2.60. The molecule has 0 saturated heterocycles. The molecule has 8 heteroatoms. The van der Waals surface area contributed by atoms with Gasteiger partial charge in [0.25, 0.3) is 10.0 Å². The molecule has 130 valence electrons. The number of hydrogen-bond acceptors (Lipinski definition) is 6. The summed E-state index contributed by atoms with van der Waals surface area (Å²) in [6.07, 6.45) is -0.874. The van der Waals surface area contributed by atoms with Crippen molar-refractivity contribution >= 4 is 21.4 Å². The van der Waals surface area contributed by atoms with Crippen LogP contribution in [0, 0.1) is 0 Å². The Balaban J connectivity index is 2.12. The molecule has 24 heavy (non-hydrogen) atoms. The average molecular weight is 352 g/mol. The van der Waals surface area contributed by atoms with Crippen molar-refractivity contribution in [3.63, 3.8) is 0 Å². The van der Waals surface area contributed by atoms with Gasteiger partial charge in [-0.05, 0) is 36.4 Å². The Kier molecular flexibility index (Phi) is 6.02. The number of nitrogens with one attached hydrogen (secondary N) is 2. The Labute approximate surface area is 141 Å². The van der Waals surface area contributed by atoms with E-state index in [-0.39, 0.29) is 18.0 Å². The number of aliphatic hydroxyl groups is 2. The third-order valence-corrected chi connectivity index (χ3v) is 4.65. The number of ether oxygens (including phenoxy) is 1. The summed E-state index contributed by atoms with van der Waals surface area (Å²) in [6.45, 7) is -0.176. The van der Waals surface area contributed by atoms with Crippen LogP contribution in [0.25, 0.3) is 0 Å². The molecule has 0 aromatic heterocycles. The fourth-order valence-corrected chi connectivity index (χ4v) is 3.06. The molecule has 0 radical (unpaired) electrons. The van der Waals surface area contributed by atoms with Crippen LogP contribution in [0.3, 0.4) is 0 Å². The van der Waals surface area contributed by atoms with Gasteiger partial charge < -0.3 is 20.3 Å². The number of hydrogen-bond donors (Lipinski definition) is 4. The first kappa shape index (κ1) is 18.1. The summed E-state index contributed by atoms with van der Waals surface area (Å²) in [5.41, 5.74) is 0.993. The molecule has 1 atom stereocenters. The van der Waals surface area contributed by atoms with Crippen LogP contribution in [0.4, 0.5) is 11.4 Å². The van der Waals surface area contributed by atoms with Crippen molar-refractivity contribution in [2.75, 3.05) is 30.3 Å². The second kappa shape index (κ2) is 8.00. The molecule has 2 aromatic carbocycles. The predicted molar refractivity (Wildman–Crippen MR) is 91.8 cm³/mol. The van der Waals surface area contributed by atoms with E-state index in [0.29, 0.717) is 17.1 Å². The van der Waals surface area contributed by atoms with Crippen molar-refractivity contribution in [2.24, 2.45) is 0 Å². The standard InChI is InChI=1S/C16H20N2O5S/c1-23-16-5-3-2-4-15(16)18-24(21,22)14-8-6-12(7-9-14)17-10-13(20)11-19/h2-9,13,17-20H,10-11H2,1H3. The number of rotatable bonds is 8. The zero-order valence-corrected chi connectivity index (χ0v) is 14.0. The summed E-state index contributed by atoms with van der Waals surface area (Å²) < 4.78 is 32.5. The van der Waals surface area contributed by atoms with Crippen molar-refractivity contribution in [1.82, 2.24) is 0 Å². The Morgan fingerprint density at radius 3 is 2.42 bits per heavy atom. The lowest BCUT2D eigenvalue weighted by Crippen LogP contribution is -2.22. The third-order valence-electron chi connectivity index (χ3n) is 3.27. The van der Waals surface area contributed by atoms with Crippen molar-refractivity contribution in [2.45, 2.75) is 11.0 Å². The van der Waals surface area contributed by atoms with Gasteiger partial charge in [-0.15, -0.1) is 0 Å². The van der Waals surface area contributed by atoms with Crippen LogP contribution in [0.1, 0.15) is 0 Å². The minimum Gasteiger partial charge on any atom is -0.495 e. The molecule has 0 aliphatic heterocycles. The maximum absolute atomic E-state index is 12.4. The number of anilines is 2. The molecule has 4 N–H and O–H groups in total. The van der Waals surface area contributed by atoms with E-state index in [4.69, 9.17) is 9.84 Å². The summed E-state index contributed by atoms with van der Waals surface area (Å²) in [6, 6.07) is 12.8. The Morgan fingerprint density at radius 2 is 1.79 bits per heavy atom. The molecule has 1 unspecified atom stereocenters. The van der Waals surface area contributed by atoms with Crippen molar-refractivity contribution < 1.29 is 23.4 Å². The first-order valence-electron chi connectivity index (χ1n) is 7.25. The third kappa shape index (κ3) is 4.60. The maximum Gasteiger partial charge on any atom is 0.262 e. The molecule has 0 amide bonds. The summed E-state index contributed by atoms with van der Waals surface area (Å²) in [7, 11) is -2.28. The van der Waals surface area contributed by atoms with Crippen molar-refractivity contribution in [3.8, 4) is 5.75 Å². The second-order valence-corrected chi connectivity index (χ2v) is 6.73. The van der Waals surface area contributed by atoms with Crippen LogP contribution < -0.4 is 14.8 Å². The lowest BCUT2D eigenvalue weighted by molar-refractivity contribution is 0.105. The molecule has 2 aromatic rings. The summed E-state index contributed by atoms with van der Waals surface area (Å²) in [4.78, 5) is 0.0988. The molecule has 0 saturated carbocycles. The largest absolute Gasteiger partial charge is 0.495 e. The highest BCUT2D eigenvalue weighted by atomic mass is 32.2. The molecule has 0 heterocycles. The molecule has 2 rings (SSSR count). The van der Waals surface area contributed by atoms with Crippen LogP contribution in [0.2, 0.25) is 0 Å². The number of aliphatic hydroxyl groups excluding tert-OH is 2. The fraction of sp³-hybridized carbons (Fsp3) is 0.250. The van der Waals surface area contributed by atoms with E-state index in [1.54, 1.807) is 36.4 Å². The van der Waals surface area contributed by atoms with Crippen molar-refractivity contribution in [3.05, 3.63) is 48.5 Å². The van der Waals surface area contributed by atoms with E-state index < -0.39 is 16.1 Å². The number of sulfonamides is 1. The molecule has 0 fully saturated rings. The van der Waals surface area contributed by atoms with Gasteiger partial charge in [0.15, 0.2) is 0 Å². The second-order valence-electron chi connectivity index (χ2n) is 5.05.